The SMILES string of the molecule is COc1cc(/C=N/Nc2nc(-c3ccccc3)cs2)ccc1OCc1ccccc1Cl. The molecule has 0 fully saturated rings. The molecule has 31 heavy (non-hydrogen) atoms. The smallest absolute Gasteiger partial charge is 0.203 e. The van der Waals surface area contributed by atoms with Gasteiger partial charge in [0.15, 0.2) is 11.5 Å². The molecule has 5 nitrogen and oxygen atoms in total. The van der Waals surface area contributed by atoms with Crippen molar-refractivity contribution in [2.24, 2.45) is 5.10 Å². The van der Waals surface area contributed by atoms with Crippen molar-refractivity contribution in [3.05, 3.63) is 94.3 Å². The fraction of sp³-hybridized carbons (Fsp3) is 0.0833. The molecule has 0 unspecified atom stereocenters. The van der Waals surface area contributed by atoms with E-state index < -0.39 is 0 Å². The van der Waals surface area contributed by atoms with Crippen molar-refractivity contribution in [3.63, 3.8) is 0 Å². The number of anilines is 1. The van der Waals surface area contributed by atoms with E-state index in [1.54, 1.807) is 13.3 Å². The molecule has 0 saturated heterocycles. The minimum absolute atomic E-state index is 0.360. The van der Waals surface area contributed by atoms with Crippen LogP contribution >= 0.6 is 22.9 Å². The molecule has 0 bridgehead atoms. The molecule has 0 saturated carbocycles. The molecule has 0 radical (unpaired) electrons. The molecule has 156 valence electrons. The summed E-state index contributed by atoms with van der Waals surface area (Å²) in [7, 11) is 1.61. The number of nitrogens with one attached hydrogen (secondary N) is 1. The fourth-order valence-electron chi connectivity index (χ4n) is 2.88. The Morgan fingerprint density at radius 2 is 1.84 bits per heavy atom. The van der Waals surface area contributed by atoms with Gasteiger partial charge in [0.1, 0.15) is 6.61 Å². The van der Waals surface area contributed by atoms with E-state index in [0.717, 1.165) is 27.5 Å². The Morgan fingerprint density at radius 3 is 2.65 bits per heavy atom. The molecule has 1 aromatic heterocycles. The topological polar surface area (TPSA) is 55.7 Å². The lowest BCUT2D eigenvalue weighted by Crippen LogP contribution is -1.99. The Bertz CT molecular complexity index is 1180. The molecule has 7 heteroatoms. The van der Waals surface area contributed by atoms with Gasteiger partial charge in [-0.1, -0.05) is 60.1 Å². The molecule has 0 aliphatic carbocycles. The Morgan fingerprint density at radius 1 is 1.03 bits per heavy atom. The third-order valence-corrected chi connectivity index (χ3v) is 5.59. The number of ether oxygens (including phenoxy) is 2. The van der Waals surface area contributed by atoms with Crippen molar-refractivity contribution in [2.45, 2.75) is 6.61 Å². The predicted molar refractivity (Wildman–Crippen MR) is 128 cm³/mol. The zero-order chi connectivity index (χ0) is 21.5. The molecular weight excluding hydrogens is 430 g/mol. The number of hydrogen-bond acceptors (Lipinski definition) is 6. The Balaban J connectivity index is 1.39. The molecule has 1 N–H and O–H groups in total. The van der Waals surface area contributed by atoms with Gasteiger partial charge in [0, 0.05) is 21.5 Å². The summed E-state index contributed by atoms with van der Waals surface area (Å²) in [6.45, 7) is 0.360. The lowest BCUT2D eigenvalue weighted by Gasteiger charge is -2.12. The highest BCUT2D eigenvalue weighted by Crippen LogP contribution is 2.29. The van der Waals surface area contributed by atoms with Gasteiger partial charge in [-0.15, -0.1) is 11.3 Å². The number of thiazole rings is 1. The van der Waals surface area contributed by atoms with Crippen LogP contribution in [0.3, 0.4) is 0 Å². The summed E-state index contributed by atoms with van der Waals surface area (Å²) in [5.41, 5.74) is 6.76. The number of rotatable bonds is 8. The van der Waals surface area contributed by atoms with Gasteiger partial charge in [0.05, 0.1) is 19.0 Å². The summed E-state index contributed by atoms with van der Waals surface area (Å²) in [6.07, 6.45) is 1.71. The van der Waals surface area contributed by atoms with Crippen molar-refractivity contribution >= 4 is 34.3 Å². The maximum absolute atomic E-state index is 6.19. The Hall–Kier alpha value is -3.35. The predicted octanol–water partition coefficient (Wildman–Crippen LogP) is 6.50. The van der Waals surface area contributed by atoms with Crippen LogP contribution in [0, 0.1) is 0 Å². The average Bonchev–Trinajstić information content (AvgIpc) is 3.28. The van der Waals surface area contributed by atoms with E-state index in [2.05, 4.69) is 15.5 Å². The van der Waals surface area contributed by atoms with Crippen LogP contribution in [0.25, 0.3) is 11.3 Å². The normalized spacial score (nSPS) is 10.9. The second-order valence-electron chi connectivity index (χ2n) is 6.56. The second-order valence-corrected chi connectivity index (χ2v) is 7.83. The maximum atomic E-state index is 6.19. The Kier molecular flexibility index (Phi) is 6.82. The van der Waals surface area contributed by atoms with Gasteiger partial charge in [-0.25, -0.2) is 4.98 Å². The van der Waals surface area contributed by atoms with E-state index >= 15 is 0 Å². The number of nitrogens with zero attached hydrogens (tertiary/aromatic N) is 2. The lowest BCUT2D eigenvalue weighted by atomic mass is 10.2. The first-order valence-electron chi connectivity index (χ1n) is 9.57. The summed E-state index contributed by atoms with van der Waals surface area (Å²) < 4.78 is 11.4. The minimum atomic E-state index is 0.360. The van der Waals surface area contributed by atoms with E-state index in [4.69, 9.17) is 21.1 Å². The van der Waals surface area contributed by atoms with Crippen LogP contribution in [0.1, 0.15) is 11.1 Å². The van der Waals surface area contributed by atoms with E-state index in [9.17, 15) is 0 Å². The third-order valence-electron chi connectivity index (χ3n) is 4.48. The van der Waals surface area contributed by atoms with E-state index in [1.165, 1.54) is 11.3 Å². The molecule has 0 aliphatic rings. The van der Waals surface area contributed by atoms with E-state index in [-0.39, 0.29) is 0 Å². The van der Waals surface area contributed by atoms with Crippen molar-refractivity contribution in [1.29, 1.82) is 0 Å². The standard InChI is InChI=1S/C24H20ClN3O2S/c1-29-23-13-17(11-12-22(23)30-15-19-9-5-6-10-20(19)25)14-26-28-24-27-21(16-31-24)18-7-3-2-4-8-18/h2-14,16H,15H2,1H3,(H,27,28)/b26-14+. The first-order valence-corrected chi connectivity index (χ1v) is 10.8. The largest absolute Gasteiger partial charge is 0.493 e. The first-order chi connectivity index (χ1) is 15.2. The summed E-state index contributed by atoms with van der Waals surface area (Å²) >= 11 is 7.70. The summed E-state index contributed by atoms with van der Waals surface area (Å²) in [6, 6.07) is 23.3. The Labute approximate surface area is 190 Å². The molecule has 0 spiro atoms. The quantitative estimate of drug-likeness (QED) is 0.246. The summed E-state index contributed by atoms with van der Waals surface area (Å²) in [5.74, 6) is 1.26. The van der Waals surface area contributed by atoms with Crippen LogP contribution in [0.5, 0.6) is 11.5 Å². The highest BCUT2D eigenvalue weighted by Gasteiger charge is 2.07. The number of methoxy groups -OCH3 is 1. The first kappa shape index (κ1) is 20.9. The van der Waals surface area contributed by atoms with E-state index in [0.29, 0.717) is 23.1 Å². The van der Waals surface area contributed by atoms with Crippen LogP contribution in [0.15, 0.2) is 83.3 Å². The molecule has 3 aromatic carbocycles. The van der Waals surface area contributed by atoms with Crippen molar-refractivity contribution in [1.82, 2.24) is 4.98 Å². The van der Waals surface area contributed by atoms with Crippen molar-refractivity contribution in [2.75, 3.05) is 12.5 Å². The van der Waals surface area contributed by atoms with Gasteiger partial charge < -0.3 is 9.47 Å². The lowest BCUT2D eigenvalue weighted by molar-refractivity contribution is 0.284. The van der Waals surface area contributed by atoms with Crippen LogP contribution in [-0.2, 0) is 6.61 Å². The number of halogens is 1. The molecule has 1 heterocycles. The van der Waals surface area contributed by atoms with E-state index in [1.807, 2.05) is 78.2 Å². The van der Waals surface area contributed by atoms with Crippen LogP contribution in [-0.4, -0.2) is 18.3 Å². The fourth-order valence-corrected chi connectivity index (χ4v) is 3.74. The molecule has 0 aliphatic heterocycles. The monoisotopic (exact) mass is 449 g/mol. The van der Waals surface area contributed by atoms with Gasteiger partial charge in [-0.3, -0.25) is 5.43 Å². The van der Waals surface area contributed by atoms with Crippen LogP contribution in [0.2, 0.25) is 5.02 Å². The third kappa shape index (κ3) is 5.42. The average molecular weight is 450 g/mol. The maximum Gasteiger partial charge on any atom is 0.203 e. The molecule has 0 amide bonds. The molecular formula is C24H20ClN3O2S. The molecule has 0 atom stereocenters. The van der Waals surface area contributed by atoms with Crippen molar-refractivity contribution < 1.29 is 9.47 Å². The zero-order valence-electron chi connectivity index (χ0n) is 16.8. The number of aromatic nitrogens is 1. The minimum Gasteiger partial charge on any atom is -0.493 e. The summed E-state index contributed by atoms with van der Waals surface area (Å²) in [4.78, 5) is 4.56. The molecule has 4 rings (SSSR count). The van der Waals surface area contributed by atoms with Crippen LogP contribution < -0.4 is 14.9 Å². The van der Waals surface area contributed by atoms with Gasteiger partial charge in [0.25, 0.3) is 0 Å². The highest BCUT2D eigenvalue weighted by molar-refractivity contribution is 7.14. The van der Waals surface area contributed by atoms with Gasteiger partial charge in [-0.05, 0) is 29.8 Å². The number of hydrazone groups is 1. The van der Waals surface area contributed by atoms with Gasteiger partial charge >= 0.3 is 0 Å². The zero-order valence-corrected chi connectivity index (χ0v) is 18.4. The van der Waals surface area contributed by atoms with Crippen LogP contribution in [0.4, 0.5) is 5.13 Å². The second kappa shape index (κ2) is 10.1. The van der Waals surface area contributed by atoms with Gasteiger partial charge in [-0.2, -0.15) is 5.10 Å². The van der Waals surface area contributed by atoms with Crippen molar-refractivity contribution in [3.8, 4) is 22.8 Å². The summed E-state index contributed by atoms with van der Waals surface area (Å²) in [5, 5.41) is 7.69. The number of hydrogen-bond donors (Lipinski definition) is 1. The number of benzene rings is 3. The highest BCUT2D eigenvalue weighted by atomic mass is 35.5. The molecule has 4 aromatic rings. The van der Waals surface area contributed by atoms with Gasteiger partial charge in [0.2, 0.25) is 5.13 Å².